The van der Waals surface area contributed by atoms with Gasteiger partial charge in [0.05, 0.1) is 11.1 Å². The average Bonchev–Trinajstić information content (AvgIpc) is 2.43. The van der Waals surface area contributed by atoms with E-state index in [-0.39, 0.29) is 11.1 Å². The molecular weight excluding hydrogens is 432 g/mol. The first-order valence-electron chi connectivity index (χ1n) is 5.71. The van der Waals surface area contributed by atoms with Gasteiger partial charge in [0.2, 0.25) is 0 Å². The highest BCUT2D eigenvalue weighted by atomic mass is 79.9. The van der Waals surface area contributed by atoms with Crippen molar-refractivity contribution >= 4 is 55.1 Å². The van der Waals surface area contributed by atoms with Crippen LogP contribution in [0.1, 0.15) is 17.2 Å². The molecule has 2 rings (SSSR count). The molecule has 0 spiro atoms. The number of nitrogens with one attached hydrogen (secondary N) is 1. The van der Waals surface area contributed by atoms with Crippen molar-refractivity contribution in [3.8, 4) is 0 Å². The molecule has 2 aromatic carbocycles. The molecule has 0 radical (unpaired) electrons. The molecule has 0 aliphatic rings. The molecule has 1 nitrogen and oxygen atoms in total. The summed E-state index contributed by atoms with van der Waals surface area (Å²) in [4.78, 5) is 0. The van der Waals surface area contributed by atoms with E-state index in [9.17, 15) is 4.39 Å². The first-order chi connectivity index (χ1) is 9.45. The fourth-order valence-electron chi connectivity index (χ4n) is 1.98. The number of hydrogen-bond donors (Lipinski definition) is 1. The van der Waals surface area contributed by atoms with Crippen LogP contribution in [0, 0.1) is 5.82 Å². The Labute approximate surface area is 143 Å². The molecule has 0 fully saturated rings. The van der Waals surface area contributed by atoms with Gasteiger partial charge in [-0.25, -0.2) is 4.39 Å². The first kappa shape index (κ1) is 16.2. The minimum absolute atomic E-state index is 0.0638. The maximum absolute atomic E-state index is 14.4. The van der Waals surface area contributed by atoms with Crippen LogP contribution < -0.4 is 5.32 Å². The van der Waals surface area contributed by atoms with Crippen LogP contribution in [-0.4, -0.2) is 7.05 Å². The fourth-order valence-corrected chi connectivity index (χ4v) is 3.06. The molecule has 2 aromatic rings. The van der Waals surface area contributed by atoms with E-state index in [0.29, 0.717) is 15.1 Å². The van der Waals surface area contributed by atoms with E-state index in [1.165, 1.54) is 0 Å². The molecule has 0 amide bonds. The molecular formula is C14H10Br2Cl2FN. The Kier molecular flexibility index (Phi) is 5.49. The molecule has 0 aromatic heterocycles. The predicted molar refractivity (Wildman–Crippen MR) is 89.2 cm³/mol. The van der Waals surface area contributed by atoms with Gasteiger partial charge in [-0.05, 0) is 52.8 Å². The van der Waals surface area contributed by atoms with Gasteiger partial charge in [-0.2, -0.15) is 0 Å². The van der Waals surface area contributed by atoms with E-state index >= 15 is 0 Å². The molecule has 20 heavy (non-hydrogen) atoms. The second-order valence-electron chi connectivity index (χ2n) is 4.15. The zero-order chi connectivity index (χ0) is 14.9. The van der Waals surface area contributed by atoms with Gasteiger partial charge in [0.25, 0.3) is 0 Å². The van der Waals surface area contributed by atoms with Crippen molar-refractivity contribution in [2.24, 2.45) is 0 Å². The Hall–Kier alpha value is -0.130. The Morgan fingerprint density at radius 2 is 1.80 bits per heavy atom. The third-order valence-corrected chi connectivity index (χ3v) is 5.03. The van der Waals surface area contributed by atoms with Gasteiger partial charge in [0.15, 0.2) is 0 Å². The van der Waals surface area contributed by atoms with Crippen molar-refractivity contribution in [3.63, 3.8) is 0 Å². The quantitative estimate of drug-likeness (QED) is 0.579. The molecule has 1 N–H and O–H groups in total. The van der Waals surface area contributed by atoms with Crippen molar-refractivity contribution in [2.45, 2.75) is 6.04 Å². The van der Waals surface area contributed by atoms with Crippen LogP contribution in [-0.2, 0) is 0 Å². The van der Waals surface area contributed by atoms with Crippen molar-refractivity contribution in [3.05, 3.63) is 66.3 Å². The summed E-state index contributed by atoms with van der Waals surface area (Å²) in [7, 11) is 1.75. The number of benzene rings is 2. The summed E-state index contributed by atoms with van der Waals surface area (Å²) in [6.45, 7) is 0. The van der Waals surface area contributed by atoms with Crippen LogP contribution in [0.25, 0.3) is 0 Å². The van der Waals surface area contributed by atoms with Crippen LogP contribution in [0.5, 0.6) is 0 Å². The van der Waals surface area contributed by atoms with E-state index in [1.54, 1.807) is 25.2 Å². The minimum Gasteiger partial charge on any atom is -0.309 e. The molecule has 106 valence electrons. The van der Waals surface area contributed by atoms with E-state index in [4.69, 9.17) is 23.2 Å². The molecule has 0 saturated carbocycles. The second-order valence-corrected chi connectivity index (χ2v) is 6.71. The van der Waals surface area contributed by atoms with Gasteiger partial charge >= 0.3 is 0 Å². The molecule has 0 bridgehead atoms. The number of hydrogen-bond acceptors (Lipinski definition) is 1. The molecule has 1 atom stereocenters. The molecule has 0 aliphatic heterocycles. The van der Waals surface area contributed by atoms with Crippen LogP contribution in [0.3, 0.4) is 0 Å². The lowest BCUT2D eigenvalue weighted by atomic mass is 9.98. The zero-order valence-electron chi connectivity index (χ0n) is 10.4. The summed E-state index contributed by atoms with van der Waals surface area (Å²) in [6, 6.07) is 8.48. The van der Waals surface area contributed by atoms with Gasteiger partial charge in [-0.15, -0.1) is 0 Å². The number of halogens is 5. The third-order valence-electron chi connectivity index (χ3n) is 2.93. The van der Waals surface area contributed by atoms with Crippen molar-refractivity contribution in [1.29, 1.82) is 0 Å². The molecule has 0 heterocycles. The largest absolute Gasteiger partial charge is 0.309 e. The third kappa shape index (κ3) is 3.20. The highest BCUT2D eigenvalue weighted by Gasteiger charge is 2.21. The summed E-state index contributed by atoms with van der Waals surface area (Å²) in [5, 5.41) is 3.70. The summed E-state index contributed by atoms with van der Waals surface area (Å²) in [5.41, 5.74) is 1.22. The van der Waals surface area contributed by atoms with Crippen molar-refractivity contribution < 1.29 is 4.39 Å². The van der Waals surface area contributed by atoms with Crippen LogP contribution >= 0.6 is 55.1 Å². The van der Waals surface area contributed by atoms with Gasteiger partial charge < -0.3 is 5.32 Å². The fraction of sp³-hybridized carbons (Fsp3) is 0.143. The normalized spacial score (nSPS) is 12.5. The maximum atomic E-state index is 14.4. The standard InChI is InChI=1S/C14H10Br2Cl2FN/c1-20-14(9-6-7(15)2-5-11(9)17)8-3-4-10(16)12(18)13(8)19/h2-6,14,20H,1H3. The first-order valence-corrected chi connectivity index (χ1v) is 8.05. The molecule has 0 saturated heterocycles. The SMILES string of the molecule is CNC(c1cc(Br)ccc1Cl)c1ccc(Br)c(Cl)c1F. The molecule has 0 aliphatic carbocycles. The Morgan fingerprint density at radius 3 is 2.45 bits per heavy atom. The van der Waals surface area contributed by atoms with Crippen LogP contribution in [0.15, 0.2) is 39.3 Å². The Bertz CT molecular complexity index is 649. The maximum Gasteiger partial charge on any atom is 0.148 e. The second kappa shape index (κ2) is 6.75. The number of rotatable bonds is 3. The van der Waals surface area contributed by atoms with Crippen LogP contribution in [0.2, 0.25) is 10.0 Å². The molecule has 1 unspecified atom stereocenters. The van der Waals surface area contributed by atoms with Gasteiger partial charge in [-0.3, -0.25) is 0 Å². The van der Waals surface area contributed by atoms with Crippen LogP contribution in [0.4, 0.5) is 4.39 Å². The monoisotopic (exact) mass is 439 g/mol. The highest BCUT2D eigenvalue weighted by molar-refractivity contribution is 9.10. The van der Waals surface area contributed by atoms with E-state index in [0.717, 1.165) is 10.0 Å². The summed E-state index contributed by atoms with van der Waals surface area (Å²) in [6.07, 6.45) is 0. The average molecular weight is 442 g/mol. The lowest BCUT2D eigenvalue weighted by Crippen LogP contribution is -2.19. The van der Waals surface area contributed by atoms with Crippen molar-refractivity contribution in [2.75, 3.05) is 7.05 Å². The van der Waals surface area contributed by atoms with Gasteiger partial charge in [0.1, 0.15) is 5.82 Å². The summed E-state index contributed by atoms with van der Waals surface area (Å²) < 4.78 is 15.8. The van der Waals surface area contributed by atoms with E-state index in [2.05, 4.69) is 37.2 Å². The Balaban J connectivity index is 2.58. The lowest BCUT2D eigenvalue weighted by molar-refractivity contribution is 0.576. The topological polar surface area (TPSA) is 12.0 Å². The highest BCUT2D eigenvalue weighted by Crippen LogP contribution is 2.35. The minimum atomic E-state index is -0.462. The zero-order valence-corrected chi connectivity index (χ0v) is 15.0. The van der Waals surface area contributed by atoms with E-state index in [1.807, 2.05) is 12.1 Å². The Morgan fingerprint density at radius 1 is 1.10 bits per heavy atom. The molecule has 6 heteroatoms. The van der Waals surface area contributed by atoms with Crippen molar-refractivity contribution in [1.82, 2.24) is 5.32 Å². The summed E-state index contributed by atoms with van der Waals surface area (Å²) in [5.74, 6) is -0.462. The van der Waals surface area contributed by atoms with Gasteiger partial charge in [0, 0.05) is 19.5 Å². The smallest absolute Gasteiger partial charge is 0.148 e. The summed E-state index contributed by atoms with van der Waals surface area (Å²) >= 11 is 18.8. The van der Waals surface area contributed by atoms with Gasteiger partial charge in [-0.1, -0.05) is 45.2 Å². The predicted octanol–water partition coefficient (Wildman–Crippen LogP) is 5.97. The van der Waals surface area contributed by atoms with E-state index < -0.39 is 5.82 Å². The lowest BCUT2D eigenvalue weighted by Gasteiger charge is -2.20.